The van der Waals surface area contributed by atoms with Crippen LogP contribution < -0.4 is 13.6 Å². The molecule has 260 valence electrons. The van der Waals surface area contributed by atoms with E-state index in [0.29, 0.717) is 33.9 Å². The first-order chi connectivity index (χ1) is 21.2. The molecule has 1 aliphatic carbocycles. The maximum Gasteiger partial charge on any atom is 0.250 e. The third-order valence-electron chi connectivity index (χ3n) is 11.9. The Hall–Kier alpha value is -1.98. The van der Waals surface area contributed by atoms with Crippen LogP contribution in [-0.2, 0) is 9.59 Å². The number of carbonyl (C=O) groups is 3. The monoisotopic (exact) mass is 674 g/mol. The molecule has 2 aliphatic rings. The van der Waals surface area contributed by atoms with Crippen molar-refractivity contribution in [2.75, 3.05) is 0 Å². The number of fused-ring (bicyclic) bond motifs is 2. The zero-order chi connectivity index (χ0) is 35.4. The van der Waals surface area contributed by atoms with Gasteiger partial charge in [-0.05, 0) is 76.8 Å². The largest absolute Gasteiger partial charge is 0.543 e. The first-order valence-corrected chi connectivity index (χ1v) is 22.9. The van der Waals surface area contributed by atoms with E-state index in [4.69, 9.17) is 13.6 Å². The molecule has 1 heterocycles. The Morgan fingerprint density at radius 2 is 1.26 bits per heavy atom. The van der Waals surface area contributed by atoms with Crippen LogP contribution in [0.5, 0.6) is 17.2 Å². The number of ether oxygens (including phenoxy) is 1. The summed E-state index contributed by atoms with van der Waals surface area (Å²) in [6.45, 7) is 29.4. The summed E-state index contributed by atoms with van der Waals surface area (Å²) >= 11 is 0. The fraction of sp³-hybridized carbons (Fsp3) is 0.757. The van der Waals surface area contributed by atoms with Gasteiger partial charge in [0.2, 0.25) is 5.79 Å². The van der Waals surface area contributed by atoms with Crippen LogP contribution in [0.4, 0.5) is 0 Å². The molecule has 0 amide bonds. The van der Waals surface area contributed by atoms with Crippen molar-refractivity contribution in [1.29, 1.82) is 0 Å². The Morgan fingerprint density at radius 3 is 1.65 bits per heavy atom. The molecule has 46 heavy (non-hydrogen) atoms. The lowest BCUT2D eigenvalue weighted by atomic mass is 9.51. The number of Topliss-reactive ketones (excluding diaryl/α,β-unsaturated/α-hetero) is 3. The van der Waals surface area contributed by atoms with E-state index in [2.05, 4.69) is 41.5 Å². The van der Waals surface area contributed by atoms with Crippen LogP contribution in [0.25, 0.3) is 0 Å². The molecule has 9 heteroatoms. The topological polar surface area (TPSA) is 99.1 Å². The smallest absolute Gasteiger partial charge is 0.250 e. The molecule has 0 unspecified atom stereocenters. The van der Waals surface area contributed by atoms with Gasteiger partial charge < -0.3 is 18.7 Å². The first-order valence-electron chi connectivity index (χ1n) is 17.8. The van der Waals surface area contributed by atoms with Gasteiger partial charge in [0, 0.05) is 23.0 Å². The first kappa shape index (κ1) is 38.5. The average molecular weight is 675 g/mol. The summed E-state index contributed by atoms with van der Waals surface area (Å²) in [5.41, 5.74) is -0.994. The van der Waals surface area contributed by atoms with Crippen LogP contribution >= 0.6 is 0 Å². The molecule has 0 spiro atoms. The molecule has 1 N–H and O–H groups in total. The number of hydrogen-bond donors (Lipinski definition) is 1. The second-order valence-electron chi connectivity index (χ2n) is 15.6. The molecule has 0 saturated heterocycles. The van der Waals surface area contributed by atoms with Gasteiger partial charge >= 0.3 is 0 Å². The van der Waals surface area contributed by atoms with Gasteiger partial charge in [0.1, 0.15) is 17.2 Å². The van der Waals surface area contributed by atoms with E-state index in [0.717, 1.165) is 36.3 Å². The van der Waals surface area contributed by atoms with Crippen molar-refractivity contribution >= 4 is 34.0 Å². The Bertz CT molecular complexity index is 1340. The minimum absolute atomic E-state index is 0.0672. The molecule has 1 aromatic carbocycles. The SMILES string of the molecule is CC[Si](CC)(CC)Oc1c(C)c2c(c(O[Si](CC)(CC)CC)c1C(=O)C(C)C)[C@@H](C(C)C)[C@@H]1C(=O)C(C)(C)C(=O)C(C)(C)[C@@]1(O)O2. The second-order valence-corrected chi connectivity index (χ2v) is 25.0. The highest BCUT2D eigenvalue weighted by molar-refractivity contribution is 6.75. The fourth-order valence-corrected chi connectivity index (χ4v) is 13.2. The van der Waals surface area contributed by atoms with Crippen molar-refractivity contribution in [3.05, 3.63) is 16.7 Å². The minimum Gasteiger partial charge on any atom is -0.543 e. The van der Waals surface area contributed by atoms with Crippen LogP contribution in [-0.4, -0.2) is 44.9 Å². The number of ketones is 3. The van der Waals surface area contributed by atoms with Crippen molar-refractivity contribution in [2.45, 2.75) is 152 Å². The summed E-state index contributed by atoms with van der Waals surface area (Å²) in [5, 5.41) is 12.7. The highest BCUT2D eigenvalue weighted by Gasteiger charge is 2.72. The molecule has 3 rings (SSSR count). The maximum atomic E-state index is 14.5. The Balaban J connectivity index is 2.68. The number of hydrogen-bond acceptors (Lipinski definition) is 7. The predicted molar refractivity (Wildman–Crippen MR) is 190 cm³/mol. The van der Waals surface area contributed by atoms with Crippen molar-refractivity contribution in [3.8, 4) is 17.2 Å². The molecule has 1 aromatic rings. The van der Waals surface area contributed by atoms with Gasteiger partial charge in [-0.15, -0.1) is 0 Å². The van der Waals surface area contributed by atoms with Gasteiger partial charge in [0.05, 0.1) is 22.3 Å². The standard InChI is InChI=1S/C37H62O7Si2/c1-16-45(17-2,18-3)43-31-24(11)30-26(32(27(31)29(38)23(9)10)44-46(19-4,20-5)21-6)25(22(7)8)28-33(39)35(12,13)34(40)36(14,15)37(28,41)42-30/h22-23,25,28,41H,16-21H2,1-15H3/t25-,28-,37+/m1/s1. The molecule has 3 atom stereocenters. The minimum atomic E-state index is -2.42. The number of rotatable bonds is 13. The fourth-order valence-electron chi connectivity index (χ4n) is 8.03. The molecule has 0 aromatic heterocycles. The quantitative estimate of drug-likeness (QED) is 0.126. The molecular weight excluding hydrogens is 613 g/mol. The van der Waals surface area contributed by atoms with Gasteiger partial charge in [0.15, 0.2) is 17.3 Å². The van der Waals surface area contributed by atoms with Gasteiger partial charge in [-0.1, -0.05) is 69.2 Å². The van der Waals surface area contributed by atoms with Gasteiger partial charge in [-0.3, -0.25) is 14.4 Å². The molecule has 1 aliphatic heterocycles. The van der Waals surface area contributed by atoms with Gasteiger partial charge in [-0.25, -0.2) is 0 Å². The summed E-state index contributed by atoms with van der Waals surface area (Å²) in [6.07, 6.45) is 0. The molecule has 1 saturated carbocycles. The van der Waals surface area contributed by atoms with E-state index < -0.39 is 45.1 Å². The maximum absolute atomic E-state index is 14.5. The number of benzene rings is 1. The lowest BCUT2D eigenvalue weighted by Gasteiger charge is -2.58. The summed E-state index contributed by atoms with van der Waals surface area (Å²) in [6, 6.07) is 5.14. The van der Waals surface area contributed by atoms with Crippen LogP contribution in [0.1, 0.15) is 124 Å². The van der Waals surface area contributed by atoms with Crippen LogP contribution in [0, 0.1) is 35.5 Å². The third-order valence-corrected chi connectivity index (χ3v) is 20.9. The van der Waals surface area contributed by atoms with Crippen molar-refractivity contribution < 1.29 is 33.1 Å². The summed E-state index contributed by atoms with van der Waals surface area (Å²) in [7, 11) is -4.76. The average Bonchev–Trinajstić information content (AvgIpc) is 3.01. The van der Waals surface area contributed by atoms with Crippen LogP contribution in [0.2, 0.25) is 36.3 Å². The van der Waals surface area contributed by atoms with Crippen molar-refractivity contribution in [1.82, 2.24) is 0 Å². The van der Waals surface area contributed by atoms with E-state index in [1.165, 1.54) is 0 Å². The van der Waals surface area contributed by atoms with Crippen LogP contribution in [0.15, 0.2) is 0 Å². The summed E-state index contributed by atoms with van der Waals surface area (Å²) in [4.78, 5) is 42.9. The molecule has 0 radical (unpaired) electrons. The molecular formula is C37H62O7Si2. The third kappa shape index (κ3) is 5.64. The Morgan fingerprint density at radius 1 is 0.826 bits per heavy atom. The highest BCUT2D eigenvalue weighted by atomic mass is 28.4. The molecule has 1 fully saturated rings. The highest BCUT2D eigenvalue weighted by Crippen LogP contribution is 2.64. The lowest BCUT2D eigenvalue weighted by Crippen LogP contribution is -2.72. The van der Waals surface area contributed by atoms with Crippen LogP contribution in [0.3, 0.4) is 0 Å². The van der Waals surface area contributed by atoms with Gasteiger partial charge in [0.25, 0.3) is 16.6 Å². The number of aliphatic hydroxyl groups is 1. The normalized spacial score (nSPS) is 24.0. The second kappa shape index (κ2) is 13.1. The number of carbonyl (C=O) groups excluding carboxylic acids is 3. The Kier molecular flexibility index (Phi) is 11.0. The van der Waals surface area contributed by atoms with E-state index in [1.54, 1.807) is 27.7 Å². The molecule has 7 nitrogen and oxygen atoms in total. The van der Waals surface area contributed by atoms with E-state index in [1.807, 2.05) is 34.6 Å². The van der Waals surface area contributed by atoms with E-state index >= 15 is 0 Å². The van der Waals surface area contributed by atoms with Gasteiger partial charge in [-0.2, -0.15) is 0 Å². The van der Waals surface area contributed by atoms with E-state index in [9.17, 15) is 19.5 Å². The Labute approximate surface area is 280 Å². The lowest BCUT2D eigenvalue weighted by molar-refractivity contribution is -0.264. The van der Waals surface area contributed by atoms with Crippen molar-refractivity contribution in [2.24, 2.45) is 28.6 Å². The summed E-state index contributed by atoms with van der Waals surface area (Å²) in [5.74, 6) is -3.65. The molecule has 0 bridgehead atoms. The zero-order valence-electron chi connectivity index (χ0n) is 31.4. The zero-order valence-corrected chi connectivity index (χ0v) is 33.4. The summed E-state index contributed by atoms with van der Waals surface area (Å²) < 4.78 is 21.2. The van der Waals surface area contributed by atoms with Crippen molar-refractivity contribution in [3.63, 3.8) is 0 Å². The predicted octanol–water partition coefficient (Wildman–Crippen LogP) is 9.24. The van der Waals surface area contributed by atoms with E-state index in [-0.39, 0.29) is 29.2 Å².